The molecule has 0 unspecified atom stereocenters. The lowest BCUT2D eigenvalue weighted by Gasteiger charge is -2.11. The average Bonchev–Trinajstić information content (AvgIpc) is 2.40. The first-order valence-electron chi connectivity index (χ1n) is 5.88. The Morgan fingerprint density at radius 2 is 2.00 bits per heavy atom. The highest BCUT2D eigenvalue weighted by molar-refractivity contribution is 6.33. The third-order valence-electron chi connectivity index (χ3n) is 2.69. The number of para-hydroxylation sites is 1. The Kier molecular flexibility index (Phi) is 4.07. The minimum absolute atomic E-state index is 0.0884. The number of carboxylic acid groups (broad SMARTS) is 1. The number of aromatic carboxylic acids is 1. The normalized spacial score (nSPS) is 10.2. The predicted octanol–water partition coefficient (Wildman–Crippen LogP) is 4.10. The fourth-order valence-electron chi connectivity index (χ4n) is 1.84. The molecular weight excluding hydrogens is 264 g/mol. The van der Waals surface area contributed by atoms with Gasteiger partial charge in [-0.2, -0.15) is 0 Å². The molecule has 0 bridgehead atoms. The van der Waals surface area contributed by atoms with Crippen LogP contribution in [0.5, 0.6) is 5.75 Å². The van der Waals surface area contributed by atoms with E-state index in [1.807, 2.05) is 31.2 Å². The second-order valence-corrected chi connectivity index (χ2v) is 4.34. The highest BCUT2D eigenvalue weighted by atomic mass is 35.5. The van der Waals surface area contributed by atoms with Gasteiger partial charge in [0.25, 0.3) is 0 Å². The molecule has 4 heteroatoms. The summed E-state index contributed by atoms with van der Waals surface area (Å²) in [4.78, 5) is 11.1. The summed E-state index contributed by atoms with van der Waals surface area (Å²) in [6.07, 6.45) is 0. The van der Waals surface area contributed by atoms with Gasteiger partial charge < -0.3 is 9.84 Å². The Morgan fingerprint density at radius 1 is 1.26 bits per heavy atom. The predicted molar refractivity (Wildman–Crippen MR) is 75.0 cm³/mol. The second-order valence-electron chi connectivity index (χ2n) is 3.93. The molecule has 0 fully saturated rings. The van der Waals surface area contributed by atoms with Gasteiger partial charge in [-0.3, -0.25) is 0 Å². The molecule has 3 nitrogen and oxygen atoms in total. The molecule has 0 aliphatic carbocycles. The monoisotopic (exact) mass is 276 g/mol. The van der Waals surface area contributed by atoms with Crippen LogP contribution in [0.1, 0.15) is 17.3 Å². The molecule has 2 aromatic carbocycles. The molecular formula is C15H13ClO3. The fourth-order valence-corrected chi connectivity index (χ4v) is 2.04. The van der Waals surface area contributed by atoms with Gasteiger partial charge in [0.1, 0.15) is 5.75 Å². The van der Waals surface area contributed by atoms with E-state index in [0.717, 1.165) is 16.9 Å². The van der Waals surface area contributed by atoms with Gasteiger partial charge in [-0.1, -0.05) is 35.9 Å². The molecule has 0 aliphatic rings. The quantitative estimate of drug-likeness (QED) is 0.914. The van der Waals surface area contributed by atoms with Crippen LogP contribution < -0.4 is 4.74 Å². The van der Waals surface area contributed by atoms with Crippen LogP contribution in [0.2, 0.25) is 5.02 Å². The summed E-state index contributed by atoms with van der Waals surface area (Å²) in [7, 11) is 0. The van der Waals surface area contributed by atoms with E-state index in [4.69, 9.17) is 21.4 Å². The Hall–Kier alpha value is -2.00. The molecule has 2 aromatic rings. The molecule has 19 heavy (non-hydrogen) atoms. The molecule has 98 valence electrons. The molecule has 0 spiro atoms. The number of carboxylic acids is 1. The number of rotatable bonds is 4. The smallest absolute Gasteiger partial charge is 0.337 e. The van der Waals surface area contributed by atoms with Crippen molar-refractivity contribution in [3.63, 3.8) is 0 Å². The first-order valence-corrected chi connectivity index (χ1v) is 6.26. The summed E-state index contributed by atoms with van der Waals surface area (Å²) in [6, 6.07) is 12.4. The summed E-state index contributed by atoms with van der Waals surface area (Å²) in [5.74, 6) is -0.315. The topological polar surface area (TPSA) is 46.5 Å². The summed E-state index contributed by atoms with van der Waals surface area (Å²) < 4.78 is 5.54. The second kappa shape index (κ2) is 5.76. The molecule has 0 saturated carbocycles. The summed E-state index contributed by atoms with van der Waals surface area (Å²) in [5.41, 5.74) is 1.71. The van der Waals surface area contributed by atoms with Crippen LogP contribution >= 0.6 is 11.6 Å². The van der Waals surface area contributed by atoms with Crippen LogP contribution in [0.25, 0.3) is 11.1 Å². The molecule has 0 aliphatic heterocycles. The number of halogens is 1. The summed E-state index contributed by atoms with van der Waals surface area (Å²) >= 11 is 5.87. The van der Waals surface area contributed by atoms with Crippen molar-refractivity contribution in [3.8, 4) is 16.9 Å². The molecule has 0 heterocycles. The number of hydrogen-bond donors (Lipinski definition) is 1. The largest absolute Gasteiger partial charge is 0.493 e. The van der Waals surface area contributed by atoms with E-state index in [2.05, 4.69) is 0 Å². The van der Waals surface area contributed by atoms with Gasteiger partial charge in [0.05, 0.1) is 17.2 Å². The third-order valence-corrected chi connectivity index (χ3v) is 3.02. The van der Waals surface area contributed by atoms with Crippen LogP contribution in [0.3, 0.4) is 0 Å². The van der Waals surface area contributed by atoms with Crippen molar-refractivity contribution in [1.29, 1.82) is 0 Å². The van der Waals surface area contributed by atoms with Crippen molar-refractivity contribution in [2.24, 2.45) is 0 Å². The van der Waals surface area contributed by atoms with Gasteiger partial charge in [0.2, 0.25) is 0 Å². The molecule has 2 rings (SSSR count). The van der Waals surface area contributed by atoms with Crippen molar-refractivity contribution in [2.75, 3.05) is 6.61 Å². The molecule has 0 aromatic heterocycles. The minimum atomic E-state index is -1.04. The highest BCUT2D eigenvalue weighted by Crippen LogP contribution is 2.32. The Labute approximate surface area is 116 Å². The van der Waals surface area contributed by atoms with Crippen molar-refractivity contribution in [1.82, 2.24) is 0 Å². The Balaban J connectivity index is 2.53. The minimum Gasteiger partial charge on any atom is -0.493 e. The number of hydrogen-bond acceptors (Lipinski definition) is 2. The van der Waals surface area contributed by atoms with Crippen LogP contribution in [0.4, 0.5) is 0 Å². The number of ether oxygens (including phenoxy) is 1. The molecule has 0 atom stereocenters. The van der Waals surface area contributed by atoms with E-state index in [9.17, 15) is 4.79 Å². The van der Waals surface area contributed by atoms with Crippen LogP contribution in [0, 0.1) is 0 Å². The first-order chi connectivity index (χ1) is 9.13. The van der Waals surface area contributed by atoms with Gasteiger partial charge in [0.15, 0.2) is 0 Å². The Bertz CT molecular complexity index is 608. The average molecular weight is 277 g/mol. The number of carbonyl (C=O) groups is 1. The molecule has 0 saturated heterocycles. The van der Waals surface area contributed by atoms with Crippen molar-refractivity contribution < 1.29 is 14.6 Å². The summed E-state index contributed by atoms with van der Waals surface area (Å²) in [6.45, 7) is 2.46. The number of benzene rings is 2. The van der Waals surface area contributed by atoms with E-state index < -0.39 is 5.97 Å². The van der Waals surface area contributed by atoms with Crippen molar-refractivity contribution >= 4 is 17.6 Å². The highest BCUT2D eigenvalue weighted by Gasteiger charge is 2.12. The van der Waals surface area contributed by atoms with Gasteiger partial charge in [-0.05, 0) is 30.7 Å². The maximum Gasteiger partial charge on any atom is 0.337 e. The van der Waals surface area contributed by atoms with Gasteiger partial charge >= 0.3 is 5.97 Å². The van der Waals surface area contributed by atoms with E-state index >= 15 is 0 Å². The van der Waals surface area contributed by atoms with Gasteiger partial charge in [-0.25, -0.2) is 4.79 Å². The van der Waals surface area contributed by atoms with E-state index in [1.165, 1.54) is 0 Å². The SMILES string of the molecule is CCOc1ccccc1-c1ccc(Cl)c(C(=O)O)c1. The lowest BCUT2D eigenvalue weighted by molar-refractivity contribution is 0.0697. The van der Waals surface area contributed by atoms with Crippen LogP contribution in [-0.2, 0) is 0 Å². The zero-order valence-corrected chi connectivity index (χ0v) is 11.1. The van der Waals surface area contributed by atoms with Gasteiger partial charge in [0, 0.05) is 5.56 Å². The van der Waals surface area contributed by atoms with E-state index in [1.54, 1.807) is 18.2 Å². The maximum absolute atomic E-state index is 11.1. The lowest BCUT2D eigenvalue weighted by Crippen LogP contribution is -1.98. The van der Waals surface area contributed by atoms with Crippen molar-refractivity contribution in [2.45, 2.75) is 6.92 Å². The van der Waals surface area contributed by atoms with Crippen LogP contribution in [0.15, 0.2) is 42.5 Å². The van der Waals surface area contributed by atoms with Gasteiger partial charge in [-0.15, -0.1) is 0 Å². The standard InChI is InChI=1S/C15H13ClO3/c1-2-19-14-6-4-3-5-11(14)10-7-8-13(16)12(9-10)15(17)18/h3-9H,2H2,1H3,(H,17,18). The first kappa shape index (κ1) is 13.4. The zero-order valence-electron chi connectivity index (χ0n) is 10.4. The maximum atomic E-state index is 11.1. The summed E-state index contributed by atoms with van der Waals surface area (Å²) in [5, 5.41) is 9.32. The third kappa shape index (κ3) is 2.88. The molecule has 1 N–H and O–H groups in total. The van der Waals surface area contributed by atoms with E-state index in [-0.39, 0.29) is 10.6 Å². The fraction of sp³-hybridized carbons (Fsp3) is 0.133. The molecule has 0 amide bonds. The van der Waals surface area contributed by atoms with Crippen LogP contribution in [-0.4, -0.2) is 17.7 Å². The zero-order chi connectivity index (χ0) is 13.8. The van der Waals surface area contributed by atoms with Crippen molar-refractivity contribution in [3.05, 3.63) is 53.1 Å². The Morgan fingerprint density at radius 3 is 2.68 bits per heavy atom. The lowest BCUT2D eigenvalue weighted by atomic mass is 10.0. The van der Waals surface area contributed by atoms with E-state index in [0.29, 0.717) is 6.61 Å². The molecule has 0 radical (unpaired) electrons.